The molecule has 3 rings (SSSR count). The Morgan fingerprint density at radius 1 is 0.829 bits per heavy atom. The number of carbonyl (C=O) groups excluding carboxylic acids is 2. The molecule has 3 aromatic carbocycles. The Morgan fingerprint density at radius 2 is 1.40 bits per heavy atom. The number of hydrogen-bond acceptors (Lipinski definition) is 4. The zero-order valence-corrected chi connectivity index (χ0v) is 19.6. The number of hydrogen-bond donors (Lipinski definition) is 2. The number of rotatable bonds is 11. The lowest BCUT2D eigenvalue weighted by Gasteiger charge is -2.22. The van der Waals surface area contributed by atoms with Gasteiger partial charge < -0.3 is 20.1 Å². The van der Waals surface area contributed by atoms with Crippen LogP contribution in [0.1, 0.15) is 58.6 Å². The van der Waals surface area contributed by atoms with Gasteiger partial charge in [0, 0.05) is 0 Å². The molecular weight excluding hydrogens is 454 g/mol. The van der Waals surface area contributed by atoms with E-state index in [0.717, 1.165) is 31.4 Å². The van der Waals surface area contributed by atoms with Gasteiger partial charge in [0.15, 0.2) is 11.5 Å². The zero-order chi connectivity index (χ0) is 25.2. The summed E-state index contributed by atoms with van der Waals surface area (Å²) in [7, 11) is 1.48. The Morgan fingerprint density at radius 3 is 1.91 bits per heavy atom. The molecule has 0 aromatic heterocycles. The van der Waals surface area contributed by atoms with E-state index in [4.69, 9.17) is 9.47 Å². The van der Waals surface area contributed by atoms with Crippen molar-refractivity contribution in [1.82, 2.24) is 10.6 Å². The maximum Gasteiger partial charge on any atom is 0.256 e. The molecule has 35 heavy (non-hydrogen) atoms. The monoisotopic (exact) mass is 482 g/mol. The van der Waals surface area contributed by atoms with Crippen molar-refractivity contribution in [2.45, 2.75) is 32.4 Å². The summed E-state index contributed by atoms with van der Waals surface area (Å²) >= 11 is 0. The van der Waals surface area contributed by atoms with E-state index in [1.165, 1.54) is 43.5 Å². The highest BCUT2D eigenvalue weighted by atomic mass is 19.1. The first-order chi connectivity index (χ1) is 16.9. The van der Waals surface area contributed by atoms with Crippen LogP contribution in [0, 0.1) is 11.6 Å². The molecular formula is C27H28F2N2O4. The first kappa shape index (κ1) is 25.7. The number of halogens is 2. The van der Waals surface area contributed by atoms with Crippen LogP contribution in [0.4, 0.5) is 8.78 Å². The van der Waals surface area contributed by atoms with Crippen LogP contribution in [0.5, 0.6) is 11.5 Å². The van der Waals surface area contributed by atoms with Crippen molar-refractivity contribution in [3.63, 3.8) is 0 Å². The van der Waals surface area contributed by atoms with Crippen LogP contribution in [0.25, 0.3) is 0 Å². The number of amides is 2. The number of nitrogens with one attached hydrogen (secondary N) is 2. The predicted molar refractivity (Wildman–Crippen MR) is 128 cm³/mol. The van der Waals surface area contributed by atoms with Crippen molar-refractivity contribution in [3.05, 3.63) is 95.1 Å². The second-order valence-corrected chi connectivity index (χ2v) is 7.81. The van der Waals surface area contributed by atoms with Crippen LogP contribution in [0.2, 0.25) is 0 Å². The first-order valence-electron chi connectivity index (χ1n) is 11.4. The van der Waals surface area contributed by atoms with E-state index in [2.05, 4.69) is 17.6 Å². The van der Waals surface area contributed by atoms with E-state index in [1.54, 1.807) is 18.2 Å². The van der Waals surface area contributed by atoms with Crippen LogP contribution in [0.3, 0.4) is 0 Å². The van der Waals surface area contributed by atoms with Crippen LogP contribution < -0.4 is 20.1 Å². The summed E-state index contributed by atoms with van der Waals surface area (Å²) in [5, 5.41) is 5.22. The number of methoxy groups -OCH3 is 1. The van der Waals surface area contributed by atoms with E-state index in [9.17, 15) is 18.4 Å². The molecule has 2 N–H and O–H groups in total. The molecule has 2 amide bonds. The zero-order valence-electron chi connectivity index (χ0n) is 19.6. The summed E-state index contributed by atoms with van der Waals surface area (Å²) in [5.74, 6) is -2.02. The van der Waals surface area contributed by atoms with Gasteiger partial charge in [-0.15, -0.1) is 0 Å². The fourth-order valence-electron chi connectivity index (χ4n) is 3.43. The van der Waals surface area contributed by atoms with Gasteiger partial charge in [-0.2, -0.15) is 0 Å². The average molecular weight is 483 g/mol. The van der Waals surface area contributed by atoms with Gasteiger partial charge in [0.1, 0.15) is 17.8 Å². The fourth-order valence-corrected chi connectivity index (χ4v) is 3.43. The molecule has 6 nitrogen and oxygen atoms in total. The van der Waals surface area contributed by atoms with Crippen LogP contribution in [0.15, 0.2) is 66.7 Å². The minimum Gasteiger partial charge on any atom is -0.493 e. The van der Waals surface area contributed by atoms with Gasteiger partial charge in [0.2, 0.25) is 0 Å². The Hall–Kier alpha value is -3.94. The topological polar surface area (TPSA) is 76.7 Å². The number of benzene rings is 3. The Kier molecular flexibility index (Phi) is 9.17. The van der Waals surface area contributed by atoms with Gasteiger partial charge in [-0.05, 0) is 48.4 Å². The summed E-state index contributed by atoms with van der Waals surface area (Å²) in [4.78, 5) is 25.7. The molecule has 8 heteroatoms. The summed E-state index contributed by atoms with van der Waals surface area (Å²) in [6, 6.07) is 15.9. The quantitative estimate of drug-likeness (QED) is 0.283. The molecule has 0 aliphatic rings. The lowest BCUT2D eigenvalue weighted by atomic mass is 10.1. The molecule has 0 radical (unpaired) electrons. The molecule has 0 saturated carbocycles. The van der Waals surface area contributed by atoms with Crippen molar-refractivity contribution in [2.24, 2.45) is 0 Å². The van der Waals surface area contributed by atoms with Crippen molar-refractivity contribution >= 4 is 11.8 Å². The highest BCUT2D eigenvalue weighted by Crippen LogP contribution is 2.30. The molecule has 0 saturated heterocycles. The third kappa shape index (κ3) is 6.79. The van der Waals surface area contributed by atoms with Crippen molar-refractivity contribution < 1.29 is 27.8 Å². The summed E-state index contributed by atoms with van der Waals surface area (Å²) in [6.07, 6.45) is 1.87. The molecule has 0 aliphatic heterocycles. The lowest BCUT2D eigenvalue weighted by molar-refractivity contribution is 0.0879. The van der Waals surface area contributed by atoms with E-state index in [-0.39, 0.29) is 11.1 Å². The standard InChI is InChI=1S/C27H28F2N2O4/c1-3-4-9-16-35-23-15-14-18(17-24(23)34-2)25(30-26(32)19-10-5-7-12-21(19)28)31-27(33)20-11-6-8-13-22(20)29/h5-8,10-15,17,25H,3-4,9,16H2,1-2H3,(H,30,32)(H,31,33). The maximum absolute atomic E-state index is 14.2. The van der Waals surface area contributed by atoms with E-state index in [0.29, 0.717) is 23.7 Å². The van der Waals surface area contributed by atoms with Gasteiger partial charge >= 0.3 is 0 Å². The highest BCUT2D eigenvalue weighted by molar-refractivity contribution is 5.97. The van der Waals surface area contributed by atoms with E-state index >= 15 is 0 Å². The third-order valence-electron chi connectivity index (χ3n) is 5.31. The Bertz CT molecular complexity index is 1110. The number of unbranched alkanes of at least 4 members (excludes halogenated alkanes) is 2. The lowest BCUT2D eigenvalue weighted by Crippen LogP contribution is -2.41. The van der Waals surface area contributed by atoms with Crippen molar-refractivity contribution in [1.29, 1.82) is 0 Å². The second kappa shape index (κ2) is 12.5. The summed E-state index contributed by atoms with van der Waals surface area (Å²) in [5.41, 5.74) is 0.0399. The SMILES string of the molecule is CCCCCOc1ccc(C(NC(=O)c2ccccc2F)NC(=O)c2ccccc2F)cc1OC. The van der Waals surface area contributed by atoms with E-state index < -0.39 is 29.6 Å². The average Bonchev–Trinajstić information content (AvgIpc) is 2.86. The molecule has 0 atom stereocenters. The molecule has 0 fully saturated rings. The van der Waals surface area contributed by atoms with Gasteiger partial charge in [-0.1, -0.05) is 50.1 Å². The van der Waals surface area contributed by atoms with E-state index in [1.807, 2.05) is 0 Å². The van der Waals surface area contributed by atoms with Gasteiger partial charge in [-0.25, -0.2) is 8.78 Å². The predicted octanol–water partition coefficient (Wildman–Crippen LogP) is 5.40. The largest absolute Gasteiger partial charge is 0.493 e. The van der Waals surface area contributed by atoms with Gasteiger partial charge in [0.05, 0.1) is 24.8 Å². The molecule has 0 unspecified atom stereocenters. The molecule has 0 aliphatic carbocycles. The summed E-state index contributed by atoms with van der Waals surface area (Å²) in [6.45, 7) is 2.61. The first-order valence-corrected chi connectivity index (χ1v) is 11.4. The Labute approximate surface area is 203 Å². The summed E-state index contributed by atoms with van der Waals surface area (Å²) < 4.78 is 39.6. The van der Waals surface area contributed by atoms with Gasteiger partial charge in [-0.3, -0.25) is 9.59 Å². The van der Waals surface area contributed by atoms with Gasteiger partial charge in [0.25, 0.3) is 11.8 Å². The third-order valence-corrected chi connectivity index (χ3v) is 5.31. The second-order valence-electron chi connectivity index (χ2n) is 7.81. The minimum absolute atomic E-state index is 0.194. The molecule has 3 aromatic rings. The van der Waals surface area contributed by atoms with Crippen LogP contribution >= 0.6 is 0 Å². The fraction of sp³-hybridized carbons (Fsp3) is 0.259. The molecule has 184 valence electrons. The maximum atomic E-state index is 14.2. The highest BCUT2D eigenvalue weighted by Gasteiger charge is 2.23. The Balaban J connectivity index is 1.89. The number of ether oxygens (including phenoxy) is 2. The van der Waals surface area contributed by atoms with Crippen LogP contribution in [-0.2, 0) is 0 Å². The molecule has 0 spiro atoms. The van der Waals surface area contributed by atoms with Crippen molar-refractivity contribution in [2.75, 3.05) is 13.7 Å². The molecule has 0 bridgehead atoms. The van der Waals surface area contributed by atoms with Crippen molar-refractivity contribution in [3.8, 4) is 11.5 Å². The molecule has 0 heterocycles. The minimum atomic E-state index is -1.11. The smallest absolute Gasteiger partial charge is 0.256 e. The normalized spacial score (nSPS) is 10.7. The number of carbonyl (C=O) groups is 2. The van der Waals surface area contributed by atoms with Crippen LogP contribution in [-0.4, -0.2) is 25.5 Å².